The van der Waals surface area contributed by atoms with Gasteiger partial charge in [0.15, 0.2) is 0 Å². The van der Waals surface area contributed by atoms with Crippen LogP contribution in [0.2, 0.25) is 0 Å². The molecule has 3 rings (SSSR count). The number of aryl methyl sites for hydroxylation is 1. The number of aromatic nitrogens is 2. The summed E-state index contributed by atoms with van der Waals surface area (Å²) in [5.41, 5.74) is 4.66. The van der Waals surface area contributed by atoms with Gasteiger partial charge in [0.1, 0.15) is 0 Å². The zero-order valence-electron chi connectivity index (χ0n) is 15.5. The molecule has 1 N–H and O–H groups in total. The molecule has 1 aliphatic heterocycles. The van der Waals surface area contributed by atoms with Crippen LogP contribution in [-0.4, -0.2) is 40.2 Å². The highest BCUT2D eigenvalue weighted by atomic mass is 16.2. The molecule has 134 valence electrons. The number of rotatable bonds is 5. The van der Waals surface area contributed by atoms with E-state index in [4.69, 9.17) is 5.10 Å². The predicted molar refractivity (Wildman–Crippen MR) is 99.4 cm³/mol. The van der Waals surface area contributed by atoms with Gasteiger partial charge in [-0.05, 0) is 38.7 Å². The molecule has 0 saturated carbocycles. The Morgan fingerprint density at radius 1 is 1.20 bits per heavy atom. The summed E-state index contributed by atoms with van der Waals surface area (Å²) in [6, 6.07) is 10.3. The Kier molecular flexibility index (Phi) is 5.53. The van der Waals surface area contributed by atoms with Crippen molar-refractivity contribution in [2.75, 3.05) is 13.6 Å². The highest BCUT2D eigenvalue weighted by Gasteiger charge is 2.24. The van der Waals surface area contributed by atoms with Crippen molar-refractivity contribution in [3.05, 3.63) is 52.8 Å². The van der Waals surface area contributed by atoms with E-state index in [2.05, 4.69) is 41.2 Å². The zero-order chi connectivity index (χ0) is 17.8. The minimum Gasteiger partial charge on any atom is -0.344 e. The predicted octanol–water partition coefficient (Wildman–Crippen LogP) is 2.65. The Morgan fingerprint density at radius 2 is 1.96 bits per heavy atom. The van der Waals surface area contributed by atoms with E-state index in [1.54, 1.807) is 0 Å². The lowest BCUT2D eigenvalue weighted by Gasteiger charge is -2.21. The van der Waals surface area contributed by atoms with Gasteiger partial charge >= 0.3 is 0 Å². The molecule has 1 saturated heterocycles. The lowest BCUT2D eigenvalue weighted by molar-refractivity contribution is -0.131. The molecule has 2 heterocycles. The summed E-state index contributed by atoms with van der Waals surface area (Å²) in [6.07, 6.45) is 3.10. The fourth-order valence-corrected chi connectivity index (χ4v) is 3.51. The molecule has 0 radical (unpaired) electrons. The first-order valence-corrected chi connectivity index (χ1v) is 9.11. The number of benzene rings is 1. The molecule has 1 atom stereocenters. The fraction of sp³-hybridized carbons (Fsp3) is 0.500. The Balaban J connectivity index is 1.69. The monoisotopic (exact) mass is 340 g/mol. The van der Waals surface area contributed by atoms with Crippen molar-refractivity contribution in [2.45, 2.75) is 52.2 Å². The van der Waals surface area contributed by atoms with Gasteiger partial charge in [-0.25, -0.2) is 0 Å². The molecular weight excluding hydrogens is 312 g/mol. The molecule has 1 amide bonds. The van der Waals surface area contributed by atoms with Crippen molar-refractivity contribution >= 4 is 5.91 Å². The van der Waals surface area contributed by atoms with E-state index in [-0.39, 0.29) is 11.9 Å². The Bertz CT molecular complexity index is 723. The minimum atomic E-state index is -0.0798. The fourth-order valence-electron chi connectivity index (χ4n) is 3.51. The van der Waals surface area contributed by atoms with E-state index < -0.39 is 0 Å². The highest BCUT2D eigenvalue weighted by Crippen LogP contribution is 2.17. The summed E-state index contributed by atoms with van der Waals surface area (Å²) < 4.78 is 2.06. The summed E-state index contributed by atoms with van der Waals surface area (Å²) in [5, 5.41) is 8.18. The Hall–Kier alpha value is -2.14. The van der Waals surface area contributed by atoms with Crippen molar-refractivity contribution in [2.24, 2.45) is 0 Å². The van der Waals surface area contributed by atoms with E-state index in [1.165, 1.54) is 16.8 Å². The topological polar surface area (TPSA) is 50.2 Å². The third-order valence-corrected chi connectivity index (χ3v) is 5.14. The molecular formula is C20H28N4O. The maximum Gasteiger partial charge on any atom is 0.239 e. The van der Waals surface area contributed by atoms with Crippen LogP contribution in [0, 0.1) is 13.8 Å². The van der Waals surface area contributed by atoms with Gasteiger partial charge in [-0.1, -0.05) is 30.3 Å². The number of nitrogens with zero attached hydrogens (tertiary/aromatic N) is 3. The second-order valence-electron chi connectivity index (χ2n) is 6.98. The Morgan fingerprint density at radius 3 is 2.72 bits per heavy atom. The normalized spacial score (nSPS) is 18.4. The molecule has 5 nitrogen and oxygen atoms in total. The Labute approximate surface area is 150 Å². The lowest BCUT2D eigenvalue weighted by Crippen LogP contribution is -2.43. The van der Waals surface area contributed by atoms with Gasteiger partial charge in [-0.2, -0.15) is 5.10 Å². The van der Waals surface area contributed by atoms with Crippen LogP contribution in [0.1, 0.15) is 41.8 Å². The summed E-state index contributed by atoms with van der Waals surface area (Å²) in [5.74, 6) is 0.212. The number of hydrogen-bond acceptors (Lipinski definition) is 3. The average Bonchev–Trinajstić information content (AvgIpc) is 2.76. The largest absolute Gasteiger partial charge is 0.344 e. The second kappa shape index (κ2) is 7.83. The van der Waals surface area contributed by atoms with Crippen LogP contribution in [0.4, 0.5) is 0 Å². The van der Waals surface area contributed by atoms with Crippen molar-refractivity contribution < 1.29 is 4.79 Å². The summed E-state index contributed by atoms with van der Waals surface area (Å²) in [7, 11) is 1.90. The standard InChI is InChI=1S/C20H28N4O/c1-15-18(13-21-19-11-7-8-12-23(3)20(19)25)16(2)24(22-15)14-17-9-5-4-6-10-17/h4-6,9-10,19,21H,7-8,11-14H2,1-3H3/t19-/m1/s1. The summed E-state index contributed by atoms with van der Waals surface area (Å²) in [6.45, 7) is 6.49. The minimum absolute atomic E-state index is 0.0798. The molecule has 1 aromatic carbocycles. The SMILES string of the molecule is Cc1nn(Cc2ccccc2)c(C)c1CN[C@@H]1CCCCN(C)C1=O. The average molecular weight is 340 g/mol. The molecule has 2 aromatic rings. The summed E-state index contributed by atoms with van der Waals surface area (Å²) >= 11 is 0. The first kappa shape index (κ1) is 17.7. The molecule has 5 heteroatoms. The van der Waals surface area contributed by atoms with Gasteiger partial charge in [-0.15, -0.1) is 0 Å². The first-order valence-electron chi connectivity index (χ1n) is 9.11. The zero-order valence-corrected chi connectivity index (χ0v) is 15.5. The molecule has 1 aliphatic rings. The number of likely N-dealkylation sites (N-methyl/N-ethyl adjacent to an activating group) is 1. The van der Waals surface area contributed by atoms with Gasteiger partial charge in [0, 0.05) is 31.4 Å². The van der Waals surface area contributed by atoms with Crippen molar-refractivity contribution in [3.63, 3.8) is 0 Å². The number of hydrogen-bond donors (Lipinski definition) is 1. The summed E-state index contributed by atoms with van der Waals surface area (Å²) in [4.78, 5) is 14.3. The maximum absolute atomic E-state index is 12.4. The van der Waals surface area contributed by atoms with E-state index in [1.807, 2.05) is 24.9 Å². The van der Waals surface area contributed by atoms with E-state index in [9.17, 15) is 4.79 Å². The number of carbonyl (C=O) groups is 1. The van der Waals surface area contributed by atoms with Gasteiger partial charge in [0.05, 0.1) is 18.3 Å². The number of amides is 1. The van der Waals surface area contributed by atoms with Crippen LogP contribution in [0.15, 0.2) is 30.3 Å². The van der Waals surface area contributed by atoms with Crippen LogP contribution in [0.3, 0.4) is 0 Å². The molecule has 0 spiro atoms. The van der Waals surface area contributed by atoms with E-state index in [0.717, 1.165) is 38.0 Å². The van der Waals surface area contributed by atoms with Gasteiger partial charge in [-0.3, -0.25) is 9.48 Å². The van der Waals surface area contributed by atoms with E-state index in [0.29, 0.717) is 6.54 Å². The third-order valence-electron chi connectivity index (χ3n) is 5.14. The highest BCUT2D eigenvalue weighted by molar-refractivity contribution is 5.81. The van der Waals surface area contributed by atoms with Crippen LogP contribution in [0.5, 0.6) is 0 Å². The molecule has 0 unspecified atom stereocenters. The molecule has 1 fully saturated rings. The number of nitrogens with one attached hydrogen (secondary N) is 1. The van der Waals surface area contributed by atoms with Crippen LogP contribution in [-0.2, 0) is 17.9 Å². The third kappa shape index (κ3) is 4.10. The first-order chi connectivity index (χ1) is 12.1. The molecule has 0 aliphatic carbocycles. The quantitative estimate of drug-likeness (QED) is 0.910. The van der Waals surface area contributed by atoms with Crippen LogP contribution < -0.4 is 5.32 Å². The second-order valence-corrected chi connectivity index (χ2v) is 6.98. The molecule has 1 aromatic heterocycles. The van der Waals surface area contributed by atoms with Gasteiger partial charge in [0.25, 0.3) is 0 Å². The van der Waals surface area contributed by atoms with E-state index >= 15 is 0 Å². The maximum atomic E-state index is 12.4. The van der Waals surface area contributed by atoms with Crippen LogP contribution in [0.25, 0.3) is 0 Å². The van der Waals surface area contributed by atoms with Crippen molar-refractivity contribution in [3.8, 4) is 0 Å². The van der Waals surface area contributed by atoms with Gasteiger partial charge < -0.3 is 10.2 Å². The van der Waals surface area contributed by atoms with Crippen molar-refractivity contribution in [1.82, 2.24) is 20.0 Å². The molecule has 25 heavy (non-hydrogen) atoms. The van der Waals surface area contributed by atoms with Crippen molar-refractivity contribution in [1.29, 1.82) is 0 Å². The molecule has 0 bridgehead atoms. The smallest absolute Gasteiger partial charge is 0.239 e. The number of likely N-dealkylation sites (tertiary alicyclic amines) is 1. The van der Waals surface area contributed by atoms with Crippen LogP contribution >= 0.6 is 0 Å². The lowest BCUT2D eigenvalue weighted by atomic mass is 10.1. The van der Waals surface area contributed by atoms with Gasteiger partial charge in [0.2, 0.25) is 5.91 Å². The number of carbonyl (C=O) groups excluding carboxylic acids is 1.